The molecule has 1 atom stereocenters. The molecule has 20 heavy (non-hydrogen) atoms. The molecule has 4 nitrogen and oxygen atoms in total. The van der Waals surface area contributed by atoms with Crippen molar-refractivity contribution in [3.8, 4) is 0 Å². The average Bonchev–Trinajstić information content (AvgIpc) is 2.86. The van der Waals surface area contributed by atoms with E-state index in [4.69, 9.17) is 15.1 Å². The molecule has 110 valence electrons. The highest BCUT2D eigenvalue weighted by Crippen LogP contribution is 2.26. The van der Waals surface area contributed by atoms with Crippen LogP contribution in [0.1, 0.15) is 44.2 Å². The van der Waals surface area contributed by atoms with Gasteiger partial charge in [0.2, 0.25) is 0 Å². The van der Waals surface area contributed by atoms with Gasteiger partial charge in [0.15, 0.2) is 0 Å². The number of carboxylic acids is 1. The van der Waals surface area contributed by atoms with Crippen molar-refractivity contribution in [2.75, 3.05) is 0 Å². The van der Waals surface area contributed by atoms with Crippen LogP contribution in [0.15, 0.2) is 29.4 Å². The fraction of sp³-hybridized carbons (Fsp3) is 0.500. The van der Waals surface area contributed by atoms with Crippen molar-refractivity contribution in [2.24, 2.45) is 11.1 Å². The van der Waals surface area contributed by atoms with E-state index in [-0.39, 0.29) is 0 Å². The highest BCUT2D eigenvalue weighted by Gasteiger charge is 2.23. The fourth-order valence-corrected chi connectivity index (χ4v) is 2.45. The number of nitrogens with zero attached hydrogens (tertiary/aromatic N) is 1. The van der Waals surface area contributed by atoms with E-state index in [0.717, 1.165) is 44.7 Å². The molecular weight excluding hydrogens is 254 g/mol. The van der Waals surface area contributed by atoms with Gasteiger partial charge in [-0.15, -0.1) is 0 Å². The number of oxime groups is 1. The summed E-state index contributed by atoms with van der Waals surface area (Å²) in [5, 5.41) is 19.7. The number of hydrogen-bond acceptors (Lipinski definition) is 3. The zero-order valence-electron chi connectivity index (χ0n) is 12.2. The first-order valence-electron chi connectivity index (χ1n) is 7.05. The molecule has 0 amide bonds. The van der Waals surface area contributed by atoms with Gasteiger partial charge in [-0.1, -0.05) is 36.3 Å². The number of carboxylic acid groups (broad SMARTS) is 1. The van der Waals surface area contributed by atoms with Crippen molar-refractivity contribution in [1.29, 1.82) is 0 Å². The second-order valence-electron chi connectivity index (χ2n) is 5.07. The van der Waals surface area contributed by atoms with Gasteiger partial charge in [0.1, 0.15) is 0 Å². The Morgan fingerprint density at radius 1 is 1.30 bits per heavy atom. The Hall–Kier alpha value is -1.84. The lowest BCUT2D eigenvalue weighted by Gasteiger charge is -2.10. The molecule has 0 aromatic heterocycles. The van der Waals surface area contributed by atoms with E-state index in [1.54, 1.807) is 0 Å². The summed E-state index contributed by atoms with van der Waals surface area (Å²) in [6, 6.07) is 8.79. The molecule has 1 saturated carbocycles. The zero-order chi connectivity index (χ0) is 15.0. The van der Waals surface area contributed by atoms with Crippen LogP contribution in [0.3, 0.4) is 0 Å². The van der Waals surface area contributed by atoms with Gasteiger partial charge >= 0.3 is 0 Å². The average molecular weight is 277 g/mol. The summed E-state index contributed by atoms with van der Waals surface area (Å²) in [6.45, 7) is 3.25. The summed E-state index contributed by atoms with van der Waals surface area (Å²) in [7, 11) is 0. The van der Waals surface area contributed by atoms with Crippen molar-refractivity contribution in [1.82, 2.24) is 0 Å². The van der Waals surface area contributed by atoms with E-state index in [9.17, 15) is 0 Å². The van der Waals surface area contributed by atoms with E-state index in [0.29, 0.717) is 5.92 Å². The van der Waals surface area contributed by atoms with E-state index < -0.39 is 5.97 Å². The van der Waals surface area contributed by atoms with Crippen molar-refractivity contribution >= 4 is 11.7 Å². The molecule has 0 saturated heterocycles. The fourth-order valence-electron chi connectivity index (χ4n) is 2.45. The van der Waals surface area contributed by atoms with Crippen LogP contribution in [-0.4, -0.2) is 22.0 Å². The highest BCUT2D eigenvalue weighted by atomic mass is 16.4. The second kappa shape index (κ2) is 8.35. The molecule has 0 heterocycles. The topological polar surface area (TPSA) is 69.9 Å². The summed E-state index contributed by atoms with van der Waals surface area (Å²) in [5.41, 5.74) is 3.72. The van der Waals surface area contributed by atoms with Gasteiger partial charge < -0.3 is 10.3 Å². The molecule has 1 aliphatic rings. The Bertz CT molecular complexity index is 447. The predicted molar refractivity (Wildman–Crippen MR) is 79.4 cm³/mol. The maximum Gasteiger partial charge on any atom is 0.300 e. The van der Waals surface area contributed by atoms with Gasteiger partial charge in [-0.3, -0.25) is 4.79 Å². The van der Waals surface area contributed by atoms with Crippen LogP contribution in [-0.2, 0) is 17.6 Å². The smallest absolute Gasteiger partial charge is 0.300 e. The van der Waals surface area contributed by atoms with Gasteiger partial charge in [0.25, 0.3) is 5.97 Å². The first kappa shape index (κ1) is 16.2. The van der Waals surface area contributed by atoms with E-state index in [2.05, 4.69) is 36.3 Å². The molecule has 1 aromatic carbocycles. The van der Waals surface area contributed by atoms with Crippen molar-refractivity contribution in [2.45, 2.75) is 46.0 Å². The van der Waals surface area contributed by atoms with Crippen molar-refractivity contribution in [3.05, 3.63) is 35.4 Å². The normalized spacial score (nSPS) is 19.5. The van der Waals surface area contributed by atoms with Crippen LogP contribution in [0.4, 0.5) is 0 Å². The summed E-state index contributed by atoms with van der Waals surface area (Å²) in [4.78, 5) is 9.00. The van der Waals surface area contributed by atoms with Crippen molar-refractivity contribution in [3.63, 3.8) is 0 Å². The van der Waals surface area contributed by atoms with E-state index >= 15 is 0 Å². The van der Waals surface area contributed by atoms with E-state index in [1.165, 1.54) is 11.1 Å². The Morgan fingerprint density at radius 2 is 1.85 bits per heavy atom. The first-order chi connectivity index (χ1) is 9.56. The number of rotatable bonds is 3. The lowest BCUT2D eigenvalue weighted by molar-refractivity contribution is -0.134. The van der Waals surface area contributed by atoms with Crippen LogP contribution < -0.4 is 0 Å². The third kappa shape index (κ3) is 5.43. The van der Waals surface area contributed by atoms with Gasteiger partial charge in [-0.2, -0.15) is 0 Å². The lowest BCUT2D eigenvalue weighted by Crippen LogP contribution is -2.10. The standard InChI is InChI=1S/C14H19NO.C2H4O2/c1-2-11-6-8-12(9-7-11)10-13-4-3-5-14(13)15-16;1-2(3)4/h6-9,13,16H,2-5,10H2,1H3;1H3,(H,3,4). The molecule has 1 fully saturated rings. The largest absolute Gasteiger partial charge is 0.481 e. The molecule has 0 bridgehead atoms. The maximum absolute atomic E-state index is 9.00. The lowest BCUT2D eigenvalue weighted by atomic mass is 9.96. The van der Waals surface area contributed by atoms with Crippen LogP contribution in [0.5, 0.6) is 0 Å². The summed E-state index contributed by atoms with van der Waals surface area (Å²) in [5.74, 6) is -0.377. The number of benzene rings is 1. The maximum atomic E-state index is 9.00. The minimum Gasteiger partial charge on any atom is -0.481 e. The van der Waals surface area contributed by atoms with Crippen LogP contribution in [0, 0.1) is 5.92 Å². The van der Waals surface area contributed by atoms with Crippen LogP contribution in [0.25, 0.3) is 0 Å². The summed E-state index contributed by atoms with van der Waals surface area (Å²) >= 11 is 0. The van der Waals surface area contributed by atoms with Gasteiger partial charge in [0, 0.05) is 12.8 Å². The Kier molecular flexibility index (Phi) is 6.77. The Morgan fingerprint density at radius 3 is 2.35 bits per heavy atom. The zero-order valence-corrected chi connectivity index (χ0v) is 12.2. The Labute approximate surface area is 120 Å². The summed E-state index contributed by atoms with van der Waals surface area (Å²) in [6.07, 6.45) is 5.40. The third-order valence-electron chi connectivity index (χ3n) is 3.50. The third-order valence-corrected chi connectivity index (χ3v) is 3.50. The number of carbonyl (C=O) groups is 1. The first-order valence-corrected chi connectivity index (χ1v) is 7.05. The monoisotopic (exact) mass is 277 g/mol. The minimum atomic E-state index is -0.833. The molecule has 2 N–H and O–H groups in total. The quantitative estimate of drug-likeness (QED) is 0.656. The molecule has 0 spiro atoms. The molecule has 0 radical (unpaired) electrons. The SMILES string of the molecule is CC(=O)O.CCc1ccc(CC2CCCC2=NO)cc1. The van der Waals surface area contributed by atoms with Crippen LogP contribution >= 0.6 is 0 Å². The van der Waals surface area contributed by atoms with Gasteiger partial charge in [-0.25, -0.2) is 0 Å². The predicted octanol–water partition coefficient (Wildman–Crippen LogP) is 3.51. The minimum absolute atomic E-state index is 0.456. The van der Waals surface area contributed by atoms with Crippen LogP contribution in [0.2, 0.25) is 0 Å². The van der Waals surface area contributed by atoms with Crippen molar-refractivity contribution < 1.29 is 15.1 Å². The highest BCUT2D eigenvalue weighted by molar-refractivity contribution is 5.88. The number of hydrogen-bond donors (Lipinski definition) is 2. The molecule has 0 aliphatic heterocycles. The molecular formula is C16H23NO3. The number of aliphatic carboxylic acids is 1. The van der Waals surface area contributed by atoms with Gasteiger partial charge in [-0.05, 0) is 43.2 Å². The molecule has 1 unspecified atom stereocenters. The van der Waals surface area contributed by atoms with Gasteiger partial charge in [0.05, 0.1) is 5.71 Å². The number of aryl methyl sites for hydroxylation is 1. The molecule has 2 rings (SSSR count). The molecule has 4 heteroatoms. The van der Waals surface area contributed by atoms with E-state index in [1.807, 2.05) is 0 Å². The Balaban J connectivity index is 0.000000444. The summed E-state index contributed by atoms with van der Waals surface area (Å²) < 4.78 is 0. The molecule has 1 aromatic rings. The molecule has 1 aliphatic carbocycles. The second-order valence-corrected chi connectivity index (χ2v) is 5.07.